The molecule has 0 unspecified atom stereocenters. The van der Waals surface area contributed by atoms with Crippen LogP contribution < -0.4 is 5.32 Å². The molecule has 6 nitrogen and oxygen atoms in total. The van der Waals surface area contributed by atoms with Gasteiger partial charge in [-0.15, -0.1) is 11.3 Å². The van der Waals surface area contributed by atoms with Gasteiger partial charge in [0.2, 0.25) is 0 Å². The first kappa shape index (κ1) is 18.2. The smallest absolute Gasteiger partial charge is 0.303 e. The van der Waals surface area contributed by atoms with Gasteiger partial charge in [-0.2, -0.15) is 5.10 Å². The predicted molar refractivity (Wildman–Crippen MR) is 93.0 cm³/mol. The van der Waals surface area contributed by atoms with Crippen LogP contribution in [0.4, 0.5) is 0 Å². The van der Waals surface area contributed by atoms with Crippen molar-refractivity contribution in [3.63, 3.8) is 0 Å². The van der Waals surface area contributed by atoms with Crippen LogP contribution in [0.1, 0.15) is 43.1 Å². The van der Waals surface area contributed by atoms with E-state index in [9.17, 15) is 9.59 Å². The van der Waals surface area contributed by atoms with Gasteiger partial charge in [-0.1, -0.05) is 6.07 Å². The van der Waals surface area contributed by atoms with E-state index in [1.165, 1.54) is 6.92 Å². The molecular weight excluding hydrogens is 326 g/mol. The fraction of sp³-hybridized carbons (Fsp3) is 0.471. The van der Waals surface area contributed by atoms with E-state index >= 15 is 0 Å². The average Bonchev–Trinajstić information content (AvgIpc) is 3.08. The van der Waals surface area contributed by atoms with Crippen LogP contribution in [0.15, 0.2) is 23.6 Å². The van der Waals surface area contributed by atoms with Crippen LogP contribution >= 0.6 is 11.3 Å². The average molecular weight is 349 g/mol. The van der Waals surface area contributed by atoms with Crippen LogP contribution in [-0.4, -0.2) is 33.8 Å². The summed E-state index contributed by atoms with van der Waals surface area (Å²) in [6.07, 6.45) is 0. The molecule has 2 rings (SSSR count). The van der Waals surface area contributed by atoms with Crippen molar-refractivity contribution >= 4 is 23.2 Å². The minimum Gasteiger partial charge on any atom is -0.450 e. The third-order valence-corrected chi connectivity index (χ3v) is 4.59. The van der Waals surface area contributed by atoms with Crippen molar-refractivity contribution in [2.45, 2.75) is 46.3 Å². The highest BCUT2D eigenvalue weighted by molar-refractivity contribution is 7.10. The second-order valence-corrected chi connectivity index (χ2v) is 7.20. The van der Waals surface area contributed by atoms with Crippen LogP contribution in [0.2, 0.25) is 0 Å². The van der Waals surface area contributed by atoms with Crippen LogP contribution in [0.25, 0.3) is 0 Å². The summed E-state index contributed by atoms with van der Waals surface area (Å²) in [5.41, 5.74) is 0.751. The molecule has 0 bridgehead atoms. The van der Waals surface area contributed by atoms with E-state index in [1.54, 1.807) is 25.2 Å². The Hall–Kier alpha value is -2.15. The third-order valence-electron chi connectivity index (χ3n) is 3.61. The number of ether oxygens (including phenoxy) is 1. The van der Waals surface area contributed by atoms with Crippen molar-refractivity contribution in [1.82, 2.24) is 15.1 Å². The summed E-state index contributed by atoms with van der Waals surface area (Å²) in [6.45, 7) is 8.74. The molecule has 7 heteroatoms. The second-order valence-electron chi connectivity index (χ2n) is 6.22. The number of aromatic nitrogens is 2. The number of hydrogen-bond donors (Lipinski definition) is 1. The second kappa shape index (κ2) is 7.17. The Bertz CT molecular complexity index is 720. The third kappa shape index (κ3) is 4.23. The molecule has 0 saturated carbocycles. The van der Waals surface area contributed by atoms with Crippen LogP contribution in [0, 0.1) is 13.8 Å². The molecule has 0 aliphatic rings. The summed E-state index contributed by atoms with van der Waals surface area (Å²) in [4.78, 5) is 24.6. The first-order valence-electron chi connectivity index (χ1n) is 7.74. The molecule has 1 atom stereocenters. The number of nitrogens with zero attached hydrogens (tertiary/aromatic N) is 2. The zero-order valence-corrected chi connectivity index (χ0v) is 15.4. The maximum absolute atomic E-state index is 12.4. The van der Waals surface area contributed by atoms with E-state index in [0.29, 0.717) is 6.54 Å². The van der Waals surface area contributed by atoms with Crippen LogP contribution in [0.5, 0.6) is 0 Å². The number of esters is 1. The molecule has 130 valence electrons. The summed E-state index contributed by atoms with van der Waals surface area (Å²) in [5, 5.41) is 9.42. The molecule has 2 aromatic heterocycles. The highest BCUT2D eigenvalue weighted by Gasteiger charge is 2.31. The number of carbonyl (C=O) groups is 2. The molecule has 1 N–H and O–H groups in total. The van der Waals surface area contributed by atoms with Crippen LogP contribution in [0.3, 0.4) is 0 Å². The number of rotatable bonds is 6. The lowest BCUT2D eigenvalue weighted by Gasteiger charge is -2.25. The Balaban J connectivity index is 2.17. The van der Waals surface area contributed by atoms with Gasteiger partial charge in [-0.05, 0) is 45.2 Å². The Morgan fingerprint density at radius 3 is 2.62 bits per heavy atom. The van der Waals surface area contributed by atoms with E-state index in [4.69, 9.17) is 4.74 Å². The molecule has 2 aromatic rings. The Labute approximate surface area is 145 Å². The summed E-state index contributed by atoms with van der Waals surface area (Å²) >= 11 is 1.62. The normalized spacial score (nSPS) is 12.7. The maximum Gasteiger partial charge on any atom is 0.303 e. The molecule has 0 radical (unpaired) electrons. The number of amides is 1. The summed E-state index contributed by atoms with van der Waals surface area (Å²) < 4.78 is 7.00. The molecule has 0 aliphatic carbocycles. The lowest BCUT2D eigenvalue weighted by molar-refractivity contribution is -0.162. The van der Waals surface area contributed by atoms with Crippen molar-refractivity contribution in [1.29, 1.82) is 0 Å². The maximum atomic E-state index is 12.4. The molecule has 0 fully saturated rings. The lowest BCUT2D eigenvalue weighted by Crippen LogP contribution is -2.46. The Morgan fingerprint density at radius 2 is 2.12 bits per heavy atom. The van der Waals surface area contributed by atoms with Gasteiger partial charge >= 0.3 is 5.97 Å². The molecule has 1 amide bonds. The molecular formula is C17H23N3O3S. The van der Waals surface area contributed by atoms with Gasteiger partial charge < -0.3 is 10.1 Å². The highest BCUT2D eigenvalue weighted by atomic mass is 32.1. The minimum absolute atomic E-state index is 0.101. The SMILES string of the molecule is CC(=O)OC(C)(C)C(=O)NC[C@H](c1cccs1)n1nc(C)cc1C. The fourth-order valence-corrected chi connectivity index (χ4v) is 3.37. The first-order chi connectivity index (χ1) is 11.2. The number of aryl methyl sites for hydroxylation is 2. The molecule has 2 heterocycles. The number of thiophene rings is 1. The highest BCUT2D eigenvalue weighted by Crippen LogP contribution is 2.24. The van der Waals surface area contributed by atoms with E-state index in [2.05, 4.69) is 10.4 Å². The van der Waals surface area contributed by atoms with Gasteiger partial charge in [-0.3, -0.25) is 14.3 Å². The largest absolute Gasteiger partial charge is 0.450 e. The van der Waals surface area contributed by atoms with Gasteiger partial charge in [0.1, 0.15) is 6.04 Å². The van der Waals surface area contributed by atoms with Crippen molar-refractivity contribution in [2.75, 3.05) is 6.54 Å². The van der Waals surface area contributed by atoms with Crippen LogP contribution in [-0.2, 0) is 14.3 Å². The summed E-state index contributed by atoms with van der Waals surface area (Å²) in [6, 6.07) is 5.90. The van der Waals surface area contributed by atoms with Gasteiger partial charge in [0, 0.05) is 24.0 Å². The van der Waals surface area contributed by atoms with E-state index in [-0.39, 0.29) is 11.9 Å². The fourth-order valence-electron chi connectivity index (χ4n) is 2.56. The van der Waals surface area contributed by atoms with E-state index in [1.807, 2.05) is 42.1 Å². The van der Waals surface area contributed by atoms with Gasteiger partial charge in [0.25, 0.3) is 5.91 Å². The number of nitrogens with one attached hydrogen (secondary N) is 1. The Kier molecular flexibility index (Phi) is 5.43. The molecule has 24 heavy (non-hydrogen) atoms. The molecule has 0 spiro atoms. The predicted octanol–water partition coefficient (Wildman–Crippen LogP) is 2.61. The number of hydrogen-bond acceptors (Lipinski definition) is 5. The van der Waals surface area contributed by atoms with Crippen molar-refractivity contribution in [3.05, 3.63) is 39.8 Å². The molecule has 0 aromatic carbocycles. The zero-order valence-electron chi connectivity index (χ0n) is 14.6. The summed E-state index contributed by atoms with van der Waals surface area (Å²) in [5.74, 6) is -0.815. The zero-order chi connectivity index (χ0) is 17.9. The van der Waals surface area contributed by atoms with Crippen molar-refractivity contribution in [2.24, 2.45) is 0 Å². The van der Waals surface area contributed by atoms with Gasteiger partial charge in [0.05, 0.1) is 5.69 Å². The molecule has 0 aliphatic heterocycles. The molecule has 0 saturated heterocycles. The monoisotopic (exact) mass is 349 g/mol. The number of carbonyl (C=O) groups excluding carboxylic acids is 2. The lowest BCUT2D eigenvalue weighted by atomic mass is 10.1. The topological polar surface area (TPSA) is 73.2 Å². The Morgan fingerprint density at radius 1 is 1.42 bits per heavy atom. The standard InChI is InChI=1S/C17H23N3O3S/c1-11-9-12(2)20(19-11)14(15-7-6-8-24-15)10-18-16(22)17(4,5)23-13(3)21/h6-9,14H,10H2,1-5H3,(H,18,22)/t14-/m1/s1. The van der Waals surface area contributed by atoms with E-state index < -0.39 is 11.6 Å². The van der Waals surface area contributed by atoms with Gasteiger partial charge in [0.15, 0.2) is 5.60 Å². The van der Waals surface area contributed by atoms with Crippen molar-refractivity contribution < 1.29 is 14.3 Å². The quantitative estimate of drug-likeness (QED) is 0.814. The van der Waals surface area contributed by atoms with Crippen molar-refractivity contribution in [3.8, 4) is 0 Å². The van der Waals surface area contributed by atoms with E-state index in [0.717, 1.165) is 16.3 Å². The minimum atomic E-state index is -1.21. The summed E-state index contributed by atoms with van der Waals surface area (Å²) in [7, 11) is 0. The first-order valence-corrected chi connectivity index (χ1v) is 8.62. The van der Waals surface area contributed by atoms with Gasteiger partial charge in [-0.25, -0.2) is 0 Å².